The molecule has 25 heavy (non-hydrogen) atoms. The van der Waals surface area contributed by atoms with Crippen LogP contribution in [0.15, 0.2) is 40.9 Å². The summed E-state index contributed by atoms with van der Waals surface area (Å²) >= 11 is 3.43. The van der Waals surface area contributed by atoms with Gasteiger partial charge in [-0.2, -0.15) is 0 Å². The van der Waals surface area contributed by atoms with Gasteiger partial charge in [-0.1, -0.05) is 18.2 Å². The van der Waals surface area contributed by atoms with E-state index >= 15 is 0 Å². The first kappa shape index (κ1) is 19.1. The first-order chi connectivity index (χ1) is 12.1. The monoisotopic (exact) mass is 407 g/mol. The van der Waals surface area contributed by atoms with Crippen molar-refractivity contribution in [1.29, 1.82) is 0 Å². The number of carbonyl (C=O) groups excluding carboxylic acids is 1. The maximum absolute atomic E-state index is 12.4. The summed E-state index contributed by atoms with van der Waals surface area (Å²) in [7, 11) is 3.19. The molecule has 134 valence electrons. The summed E-state index contributed by atoms with van der Waals surface area (Å²) in [6.45, 7) is 2.91. The smallest absolute Gasteiger partial charge is 0.251 e. The predicted molar refractivity (Wildman–Crippen MR) is 101 cm³/mol. The van der Waals surface area contributed by atoms with E-state index in [0.29, 0.717) is 41.1 Å². The number of benzene rings is 2. The molecule has 2 rings (SSSR count). The minimum absolute atomic E-state index is 0.169. The van der Waals surface area contributed by atoms with Crippen molar-refractivity contribution in [2.45, 2.75) is 13.3 Å². The van der Waals surface area contributed by atoms with Crippen molar-refractivity contribution in [3.05, 3.63) is 52.0 Å². The topological polar surface area (TPSA) is 56.8 Å². The molecular formula is C19H22BrNO4. The normalized spacial score (nSPS) is 10.2. The molecule has 0 aliphatic heterocycles. The molecule has 0 atom stereocenters. The van der Waals surface area contributed by atoms with Crippen molar-refractivity contribution >= 4 is 21.8 Å². The number of rotatable bonds is 8. The van der Waals surface area contributed by atoms with Gasteiger partial charge in [-0.25, -0.2) is 0 Å². The molecule has 1 N–H and O–H groups in total. The second-order valence-electron chi connectivity index (χ2n) is 5.24. The molecule has 0 aliphatic rings. The lowest BCUT2D eigenvalue weighted by Crippen LogP contribution is -2.25. The number of amides is 1. The van der Waals surface area contributed by atoms with Crippen LogP contribution in [-0.4, -0.2) is 33.3 Å². The number of hydrogen-bond acceptors (Lipinski definition) is 4. The van der Waals surface area contributed by atoms with E-state index in [1.807, 2.05) is 31.2 Å². The lowest BCUT2D eigenvalue weighted by atomic mass is 10.1. The highest BCUT2D eigenvalue weighted by molar-refractivity contribution is 9.10. The van der Waals surface area contributed by atoms with Crippen LogP contribution in [0.4, 0.5) is 0 Å². The van der Waals surface area contributed by atoms with E-state index in [1.54, 1.807) is 26.4 Å². The highest BCUT2D eigenvalue weighted by Crippen LogP contribution is 2.36. The van der Waals surface area contributed by atoms with Crippen molar-refractivity contribution in [3.8, 4) is 17.2 Å². The highest BCUT2D eigenvalue weighted by Gasteiger charge is 2.15. The Morgan fingerprint density at radius 3 is 2.52 bits per heavy atom. The summed E-state index contributed by atoms with van der Waals surface area (Å²) in [6.07, 6.45) is 0.686. The van der Waals surface area contributed by atoms with Gasteiger partial charge < -0.3 is 19.5 Å². The molecule has 5 nitrogen and oxygen atoms in total. The number of carbonyl (C=O) groups is 1. The van der Waals surface area contributed by atoms with Crippen molar-refractivity contribution in [2.24, 2.45) is 0 Å². The fourth-order valence-electron chi connectivity index (χ4n) is 2.46. The van der Waals surface area contributed by atoms with E-state index < -0.39 is 0 Å². The second kappa shape index (κ2) is 9.32. The molecule has 0 unspecified atom stereocenters. The molecule has 0 heterocycles. The van der Waals surface area contributed by atoms with Gasteiger partial charge >= 0.3 is 0 Å². The standard InChI is InChI=1S/C19H22BrNO4/c1-4-25-18-15(20)11-14(12-17(18)24-3)19(22)21-10-9-13-7-5-6-8-16(13)23-2/h5-8,11-12H,4,9-10H2,1-3H3,(H,21,22). The Labute approximate surface area is 156 Å². The Balaban J connectivity index is 2.04. The van der Waals surface area contributed by atoms with Gasteiger partial charge in [-0.3, -0.25) is 4.79 Å². The van der Waals surface area contributed by atoms with E-state index in [9.17, 15) is 4.79 Å². The molecule has 0 saturated carbocycles. The molecule has 0 bridgehead atoms. The third-order valence-corrected chi connectivity index (χ3v) is 4.24. The Morgan fingerprint density at radius 2 is 1.84 bits per heavy atom. The van der Waals surface area contributed by atoms with Crippen LogP contribution in [0.2, 0.25) is 0 Å². The zero-order chi connectivity index (χ0) is 18.2. The van der Waals surface area contributed by atoms with Crippen LogP contribution >= 0.6 is 15.9 Å². The Hall–Kier alpha value is -2.21. The second-order valence-corrected chi connectivity index (χ2v) is 6.09. The molecule has 0 aliphatic carbocycles. The van der Waals surface area contributed by atoms with Gasteiger partial charge in [-0.05, 0) is 53.0 Å². The van der Waals surface area contributed by atoms with E-state index in [-0.39, 0.29) is 5.91 Å². The summed E-state index contributed by atoms with van der Waals surface area (Å²) in [5, 5.41) is 2.92. The zero-order valence-electron chi connectivity index (χ0n) is 14.6. The molecule has 6 heteroatoms. The van der Waals surface area contributed by atoms with Crippen LogP contribution < -0.4 is 19.5 Å². The summed E-state index contributed by atoms with van der Waals surface area (Å²) in [6, 6.07) is 11.2. The molecular weight excluding hydrogens is 386 g/mol. The third-order valence-electron chi connectivity index (χ3n) is 3.65. The molecule has 0 spiro atoms. The van der Waals surface area contributed by atoms with E-state index in [2.05, 4.69) is 21.2 Å². The summed E-state index contributed by atoms with van der Waals surface area (Å²) in [5.74, 6) is 1.76. The number of nitrogens with one attached hydrogen (secondary N) is 1. The summed E-state index contributed by atoms with van der Waals surface area (Å²) < 4.78 is 16.9. The van der Waals surface area contributed by atoms with Crippen LogP contribution in [0.25, 0.3) is 0 Å². The number of halogens is 1. The summed E-state index contributed by atoms with van der Waals surface area (Å²) in [5.41, 5.74) is 1.56. The van der Waals surface area contributed by atoms with Crippen molar-refractivity contribution in [1.82, 2.24) is 5.32 Å². The number of para-hydroxylation sites is 1. The Bertz CT molecular complexity index is 733. The predicted octanol–water partition coefficient (Wildman–Crippen LogP) is 3.84. The highest BCUT2D eigenvalue weighted by atomic mass is 79.9. The lowest BCUT2D eigenvalue weighted by molar-refractivity contribution is 0.0953. The van der Waals surface area contributed by atoms with Crippen LogP contribution in [-0.2, 0) is 6.42 Å². The number of ether oxygens (including phenoxy) is 3. The van der Waals surface area contributed by atoms with E-state index in [4.69, 9.17) is 14.2 Å². The van der Waals surface area contributed by atoms with Gasteiger partial charge in [-0.15, -0.1) is 0 Å². The van der Waals surface area contributed by atoms with Crippen molar-refractivity contribution < 1.29 is 19.0 Å². The molecule has 0 aromatic heterocycles. The van der Waals surface area contributed by atoms with E-state index in [0.717, 1.165) is 11.3 Å². The average Bonchev–Trinajstić information content (AvgIpc) is 2.63. The van der Waals surface area contributed by atoms with Crippen LogP contribution in [0.3, 0.4) is 0 Å². The third kappa shape index (κ3) is 4.89. The first-order valence-electron chi connectivity index (χ1n) is 8.01. The lowest BCUT2D eigenvalue weighted by Gasteiger charge is -2.13. The molecule has 1 amide bonds. The molecule has 0 saturated heterocycles. The average molecular weight is 408 g/mol. The minimum atomic E-state index is -0.169. The van der Waals surface area contributed by atoms with Crippen LogP contribution in [0.1, 0.15) is 22.8 Å². The van der Waals surface area contributed by atoms with Crippen LogP contribution in [0.5, 0.6) is 17.2 Å². The Kier molecular flexibility index (Phi) is 7.13. The SMILES string of the molecule is CCOc1c(Br)cc(C(=O)NCCc2ccccc2OC)cc1OC. The molecule has 0 fully saturated rings. The Morgan fingerprint density at radius 1 is 1.12 bits per heavy atom. The quantitative estimate of drug-likeness (QED) is 0.721. The molecule has 2 aromatic rings. The minimum Gasteiger partial charge on any atom is -0.496 e. The van der Waals surface area contributed by atoms with E-state index in [1.165, 1.54) is 0 Å². The summed E-state index contributed by atoms with van der Waals surface area (Å²) in [4.78, 5) is 12.4. The largest absolute Gasteiger partial charge is 0.496 e. The fourth-order valence-corrected chi connectivity index (χ4v) is 3.01. The molecule has 2 aromatic carbocycles. The number of hydrogen-bond donors (Lipinski definition) is 1. The zero-order valence-corrected chi connectivity index (χ0v) is 16.2. The van der Waals surface area contributed by atoms with Gasteiger partial charge in [0, 0.05) is 12.1 Å². The first-order valence-corrected chi connectivity index (χ1v) is 8.80. The van der Waals surface area contributed by atoms with Gasteiger partial charge in [0.1, 0.15) is 5.75 Å². The fraction of sp³-hybridized carbons (Fsp3) is 0.316. The van der Waals surface area contributed by atoms with Crippen molar-refractivity contribution in [2.75, 3.05) is 27.4 Å². The number of methoxy groups -OCH3 is 2. The maximum Gasteiger partial charge on any atom is 0.251 e. The van der Waals surface area contributed by atoms with Gasteiger partial charge in [0.15, 0.2) is 11.5 Å². The van der Waals surface area contributed by atoms with Crippen LogP contribution in [0, 0.1) is 0 Å². The van der Waals surface area contributed by atoms with Gasteiger partial charge in [0.2, 0.25) is 0 Å². The van der Waals surface area contributed by atoms with Gasteiger partial charge in [0.05, 0.1) is 25.3 Å². The molecule has 0 radical (unpaired) electrons. The van der Waals surface area contributed by atoms with Crippen molar-refractivity contribution in [3.63, 3.8) is 0 Å². The maximum atomic E-state index is 12.4. The van der Waals surface area contributed by atoms with Gasteiger partial charge in [0.25, 0.3) is 5.91 Å².